The van der Waals surface area contributed by atoms with E-state index < -0.39 is 24.1 Å². The standard InChI is InChI=1S/C29H31FN2O3S/c1-17-5-11-21(12-6-17)32-25(33)14-13-22(27(32)24-4-3-15-36-24)29(35)31-26(28(34)19-9-10-19)20-8-7-18(2)23(30)16-20/h3-8,11-12,15-16,19,22,26-28,34H,9-10,13-14H2,1-2H3,(H,31,35). The van der Waals surface area contributed by atoms with Crippen molar-refractivity contribution in [3.05, 3.63) is 87.4 Å². The SMILES string of the molecule is Cc1ccc(N2C(=O)CCC(C(=O)NC(c3ccc(C)c(F)c3)C(O)C3CC3)C2c2cccs2)cc1. The molecule has 1 aromatic heterocycles. The number of hydrogen-bond acceptors (Lipinski definition) is 4. The number of benzene rings is 2. The van der Waals surface area contributed by atoms with Crippen LogP contribution in [0, 0.1) is 31.5 Å². The van der Waals surface area contributed by atoms with E-state index in [-0.39, 0.29) is 30.0 Å². The second-order valence-corrected chi connectivity index (χ2v) is 11.0. The van der Waals surface area contributed by atoms with Crippen LogP contribution in [0.5, 0.6) is 0 Å². The monoisotopic (exact) mass is 506 g/mol. The fraction of sp³-hybridized carbons (Fsp3) is 0.379. The van der Waals surface area contributed by atoms with E-state index in [9.17, 15) is 19.1 Å². The van der Waals surface area contributed by atoms with Gasteiger partial charge in [-0.15, -0.1) is 11.3 Å². The molecule has 3 aromatic rings. The third kappa shape index (κ3) is 4.95. The molecule has 0 bridgehead atoms. The molecule has 7 heteroatoms. The molecule has 2 aromatic carbocycles. The van der Waals surface area contributed by atoms with E-state index in [0.29, 0.717) is 17.5 Å². The molecular weight excluding hydrogens is 475 g/mol. The predicted octanol–water partition coefficient (Wildman–Crippen LogP) is 5.62. The summed E-state index contributed by atoms with van der Waals surface area (Å²) in [6.45, 7) is 3.68. The summed E-state index contributed by atoms with van der Waals surface area (Å²) < 4.78 is 14.4. The van der Waals surface area contributed by atoms with Gasteiger partial charge in [-0.3, -0.25) is 9.59 Å². The van der Waals surface area contributed by atoms with Crippen LogP contribution in [0.25, 0.3) is 0 Å². The topological polar surface area (TPSA) is 69.6 Å². The first-order chi connectivity index (χ1) is 17.3. The van der Waals surface area contributed by atoms with Gasteiger partial charge in [-0.05, 0) is 79.8 Å². The zero-order valence-electron chi connectivity index (χ0n) is 20.5. The van der Waals surface area contributed by atoms with Crippen LogP contribution in [-0.4, -0.2) is 23.0 Å². The number of nitrogens with one attached hydrogen (secondary N) is 1. The summed E-state index contributed by atoms with van der Waals surface area (Å²) in [5.41, 5.74) is 2.92. The van der Waals surface area contributed by atoms with Gasteiger partial charge in [-0.1, -0.05) is 35.9 Å². The van der Waals surface area contributed by atoms with E-state index in [0.717, 1.165) is 29.0 Å². The third-order valence-corrected chi connectivity index (χ3v) is 8.32. The molecule has 1 aliphatic carbocycles. The molecule has 2 fully saturated rings. The number of rotatable bonds is 7. The van der Waals surface area contributed by atoms with Gasteiger partial charge < -0.3 is 15.3 Å². The van der Waals surface area contributed by atoms with Crippen LogP contribution < -0.4 is 10.2 Å². The highest BCUT2D eigenvalue weighted by Gasteiger charge is 2.44. The summed E-state index contributed by atoms with van der Waals surface area (Å²) in [6.07, 6.45) is 1.64. The smallest absolute Gasteiger partial charge is 0.227 e. The number of aliphatic hydroxyl groups excluding tert-OH is 1. The second kappa shape index (κ2) is 10.1. The lowest BCUT2D eigenvalue weighted by molar-refractivity contribution is -0.130. The molecule has 5 nitrogen and oxygen atoms in total. The van der Waals surface area contributed by atoms with Crippen molar-refractivity contribution in [3.8, 4) is 0 Å². The molecule has 188 valence electrons. The summed E-state index contributed by atoms with van der Waals surface area (Å²) in [7, 11) is 0. The van der Waals surface area contributed by atoms with Crippen LogP contribution >= 0.6 is 11.3 Å². The Hall–Kier alpha value is -3.03. The van der Waals surface area contributed by atoms with Gasteiger partial charge in [0.2, 0.25) is 11.8 Å². The molecule has 2 N–H and O–H groups in total. The number of hydrogen-bond donors (Lipinski definition) is 2. The number of piperidine rings is 1. The van der Waals surface area contributed by atoms with Crippen molar-refractivity contribution in [3.63, 3.8) is 0 Å². The van der Waals surface area contributed by atoms with Crippen LogP contribution in [0.4, 0.5) is 10.1 Å². The van der Waals surface area contributed by atoms with E-state index >= 15 is 0 Å². The molecule has 2 amide bonds. The van der Waals surface area contributed by atoms with Crippen LogP contribution in [0.2, 0.25) is 0 Å². The van der Waals surface area contributed by atoms with Crippen LogP contribution in [0.15, 0.2) is 60.0 Å². The Morgan fingerprint density at radius 3 is 2.50 bits per heavy atom. The molecule has 0 radical (unpaired) electrons. The van der Waals surface area contributed by atoms with Crippen LogP contribution in [0.3, 0.4) is 0 Å². The number of thiophene rings is 1. The summed E-state index contributed by atoms with van der Waals surface area (Å²) in [5.74, 6) is -1.03. The van der Waals surface area contributed by atoms with Gasteiger partial charge in [0.1, 0.15) is 5.82 Å². The van der Waals surface area contributed by atoms with Gasteiger partial charge in [0.15, 0.2) is 0 Å². The molecule has 1 saturated carbocycles. The quantitative estimate of drug-likeness (QED) is 0.437. The Balaban J connectivity index is 1.48. The van der Waals surface area contributed by atoms with Gasteiger partial charge in [-0.2, -0.15) is 0 Å². The number of carbonyl (C=O) groups excluding carboxylic acids is 2. The Labute approximate surface area is 215 Å². The first-order valence-electron chi connectivity index (χ1n) is 12.5. The highest BCUT2D eigenvalue weighted by atomic mass is 32.1. The Morgan fingerprint density at radius 2 is 1.86 bits per heavy atom. The minimum absolute atomic E-state index is 0.0172. The zero-order valence-corrected chi connectivity index (χ0v) is 21.3. The lowest BCUT2D eigenvalue weighted by Gasteiger charge is -2.41. The highest BCUT2D eigenvalue weighted by molar-refractivity contribution is 7.10. The highest BCUT2D eigenvalue weighted by Crippen LogP contribution is 2.43. The minimum Gasteiger partial charge on any atom is -0.390 e. The molecule has 5 rings (SSSR count). The maximum atomic E-state index is 14.4. The molecule has 4 unspecified atom stereocenters. The van der Waals surface area contributed by atoms with E-state index in [4.69, 9.17) is 0 Å². The first kappa shape index (κ1) is 24.7. The van der Waals surface area contributed by atoms with Gasteiger partial charge >= 0.3 is 0 Å². The number of nitrogens with zero attached hydrogens (tertiary/aromatic N) is 1. The van der Waals surface area contributed by atoms with Gasteiger partial charge in [0.25, 0.3) is 0 Å². The fourth-order valence-corrected chi connectivity index (χ4v) is 5.98. The molecule has 4 atom stereocenters. The molecule has 1 aliphatic heterocycles. The average molecular weight is 507 g/mol. The Bertz CT molecular complexity index is 1240. The summed E-state index contributed by atoms with van der Waals surface area (Å²) in [4.78, 5) is 29.7. The molecule has 36 heavy (non-hydrogen) atoms. The fourth-order valence-electron chi connectivity index (χ4n) is 5.10. The van der Waals surface area contributed by atoms with E-state index in [1.54, 1.807) is 24.0 Å². The minimum atomic E-state index is -0.797. The summed E-state index contributed by atoms with van der Waals surface area (Å²) >= 11 is 1.52. The Morgan fingerprint density at radius 1 is 1.11 bits per heavy atom. The van der Waals surface area contributed by atoms with Crippen molar-refractivity contribution in [2.45, 2.75) is 57.7 Å². The van der Waals surface area contributed by atoms with Gasteiger partial charge in [0, 0.05) is 17.0 Å². The van der Waals surface area contributed by atoms with Crippen LogP contribution in [0.1, 0.15) is 59.3 Å². The predicted molar refractivity (Wildman–Crippen MR) is 139 cm³/mol. The molecule has 2 heterocycles. The largest absolute Gasteiger partial charge is 0.390 e. The van der Waals surface area contributed by atoms with Crippen molar-refractivity contribution in [1.82, 2.24) is 5.32 Å². The van der Waals surface area contributed by atoms with Gasteiger partial charge in [0.05, 0.1) is 24.1 Å². The number of aliphatic hydroxyl groups is 1. The number of anilines is 1. The van der Waals surface area contributed by atoms with E-state index in [1.165, 1.54) is 17.4 Å². The maximum Gasteiger partial charge on any atom is 0.227 e. The van der Waals surface area contributed by atoms with Crippen molar-refractivity contribution < 1.29 is 19.1 Å². The van der Waals surface area contributed by atoms with Crippen molar-refractivity contribution >= 4 is 28.8 Å². The zero-order chi connectivity index (χ0) is 25.4. The van der Waals surface area contributed by atoms with Crippen LogP contribution in [-0.2, 0) is 9.59 Å². The number of carbonyl (C=O) groups is 2. The lowest BCUT2D eigenvalue weighted by Crippen LogP contribution is -2.49. The molecule has 2 aliphatic rings. The van der Waals surface area contributed by atoms with Crippen molar-refractivity contribution in [2.75, 3.05) is 4.90 Å². The second-order valence-electron chi connectivity index (χ2n) is 10.0. The molecule has 1 saturated heterocycles. The van der Waals surface area contributed by atoms with E-state index in [2.05, 4.69) is 5.32 Å². The summed E-state index contributed by atoms with van der Waals surface area (Å²) in [5, 5.41) is 16.1. The summed E-state index contributed by atoms with van der Waals surface area (Å²) in [6, 6.07) is 15.3. The third-order valence-electron chi connectivity index (χ3n) is 7.38. The number of amides is 2. The maximum absolute atomic E-state index is 14.4. The normalized spacial score (nSPS) is 21.8. The number of halogens is 1. The van der Waals surface area contributed by atoms with Crippen molar-refractivity contribution in [2.24, 2.45) is 11.8 Å². The molecule has 0 spiro atoms. The van der Waals surface area contributed by atoms with Gasteiger partial charge in [-0.25, -0.2) is 4.39 Å². The van der Waals surface area contributed by atoms with E-state index in [1.807, 2.05) is 48.7 Å². The lowest BCUT2D eigenvalue weighted by atomic mass is 9.85. The first-order valence-corrected chi connectivity index (χ1v) is 13.4. The Kier molecular flexibility index (Phi) is 6.95. The number of aryl methyl sites for hydroxylation is 2. The average Bonchev–Trinajstić information content (AvgIpc) is 3.58. The molecular formula is C29H31FN2O3S. The van der Waals surface area contributed by atoms with Crippen molar-refractivity contribution in [1.29, 1.82) is 0 Å².